The van der Waals surface area contributed by atoms with Crippen molar-refractivity contribution in [1.29, 1.82) is 0 Å². The van der Waals surface area contributed by atoms with E-state index >= 15 is 0 Å². The molecule has 0 aromatic heterocycles. The minimum absolute atomic E-state index is 0. The molecular weight excluding hydrogens is 262 g/mol. The molecule has 0 spiro atoms. The molecule has 6 heteroatoms. The standard InChI is InChI=1S/C12H14F2N2O.ClH/c13-10-3-1-2-9(11(10)14)12(17)16-7-8-4-5-15-6-8;/h1-3,8,15H,4-7H2,(H,16,17);1H. The van der Waals surface area contributed by atoms with E-state index in [1.807, 2.05) is 0 Å². The van der Waals surface area contributed by atoms with Crippen LogP contribution in [0.15, 0.2) is 18.2 Å². The number of nitrogens with one attached hydrogen (secondary N) is 2. The lowest BCUT2D eigenvalue weighted by Crippen LogP contribution is -2.30. The predicted octanol–water partition coefficient (Wildman–Crippen LogP) is 1.73. The molecule has 2 N–H and O–H groups in total. The van der Waals surface area contributed by atoms with Crippen molar-refractivity contribution < 1.29 is 13.6 Å². The van der Waals surface area contributed by atoms with Gasteiger partial charge in [-0.25, -0.2) is 8.78 Å². The van der Waals surface area contributed by atoms with Crippen LogP contribution >= 0.6 is 12.4 Å². The third kappa shape index (κ3) is 3.40. The Labute approximate surface area is 110 Å². The quantitative estimate of drug-likeness (QED) is 0.883. The summed E-state index contributed by atoms with van der Waals surface area (Å²) in [6.07, 6.45) is 0.992. The maximum atomic E-state index is 13.3. The van der Waals surface area contributed by atoms with Crippen LogP contribution in [-0.4, -0.2) is 25.5 Å². The van der Waals surface area contributed by atoms with E-state index in [2.05, 4.69) is 10.6 Å². The number of benzene rings is 1. The minimum atomic E-state index is -1.09. The van der Waals surface area contributed by atoms with Crippen LogP contribution < -0.4 is 10.6 Å². The van der Waals surface area contributed by atoms with Crippen molar-refractivity contribution in [2.24, 2.45) is 5.92 Å². The Balaban J connectivity index is 0.00000162. The molecule has 1 fully saturated rings. The summed E-state index contributed by atoms with van der Waals surface area (Å²) < 4.78 is 26.2. The molecule has 100 valence electrons. The number of amides is 1. The molecule has 1 amide bonds. The maximum absolute atomic E-state index is 13.3. The molecule has 0 saturated carbocycles. The zero-order valence-electron chi connectivity index (χ0n) is 9.71. The summed E-state index contributed by atoms with van der Waals surface area (Å²) in [7, 11) is 0. The first-order valence-corrected chi connectivity index (χ1v) is 5.61. The lowest BCUT2D eigenvalue weighted by molar-refractivity contribution is 0.0943. The topological polar surface area (TPSA) is 41.1 Å². The molecule has 18 heavy (non-hydrogen) atoms. The van der Waals surface area contributed by atoms with Crippen LogP contribution in [0.5, 0.6) is 0 Å². The van der Waals surface area contributed by atoms with Gasteiger partial charge in [-0.05, 0) is 37.6 Å². The van der Waals surface area contributed by atoms with E-state index in [1.54, 1.807) is 0 Å². The summed E-state index contributed by atoms with van der Waals surface area (Å²) in [6.45, 7) is 2.28. The van der Waals surface area contributed by atoms with Gasteiger partial charge in [0.2, 0.25) is 0 Å². The van der Waals surface area contributed by atoms with Crippen molar-refractivity contribution in [2.45, 2.75) is 6.42 Å². The molecule has 1 atom stereocenters. The Morgan fingerprint density at radius 3 is 2.89 bits per heavy atom. The van der Waals surface area contributed by atoms with Crippen molar-refractivity contribution in [3.05, 3.63) is 35.4 Å². The highest BCUT2D eigenvalue weighted by Crippen LogP contribution is 2.12. The molecule has 0 radical (unpaired) electrons. The van der Waals surface area contributed by atoms with Crippen LogP contribution in [0.1, 0.15) is 16.8 Å². The SMILES string of the molecule is Cl.O=C(NCC1CCNC1)c1cccc(F)c1F. The van der Waals surface area contributed by atoms with Crippen molar-refractivity contribution in [1.82, 2.24) is 10.6 Å². The smallest absolute Gasteiger partial charge is 0.254 e. The van der Waals surface area contributed by atoms with Gasteiger partial charge < -0.3 is 10.6 Å². The summed E-state index contributed by atoms with van der Waals surface area (Å²) >= 11 is 0. The lowest BCUT2D eigenvalue weighted by Gasteiger charge is -2.10. The van der Waals surface area contributed by atoms with Crippen LogP contribution in [0.25, 0.3) is 0 Å². The number of hydrogen-bond acceptors (Lipinski definition) is 2. The summed E-state index contributed by atoms with van der Waals surface area (Å²) in [5.41, 5.74) is -0.240. The normalized spacial score (nSPS) is 18.2. The minimum Gasteiger partial charge on any atom is -0.352 e. The number of hydrogen-bond donors (Lipinski definition) is 2. The highest BCUT2D eigenvalue weighted by atomic mass is 35.5. The lowest BCUT2D eigenvalue weighted by atomic mass is 10.1. The van der Waals surface area contributed by atoms with E-state index in [4.69, 9.17) is 0 Å². The Bertz CT molecular complexity index is 423. The average Bonchev–Trinajstić information content (AvgIpc) is 2.82. The monoisotopic (exact) mass is 276 g/mol. The second-order valence-corrected chi connectivity index (χ2v) is 4.17. The van der Waals surface area contributed by atoms with E-state index in [9.17, 15) is 13.6 Å². The van der Waals surface area contributed by atoms with E-state index in [-0.39, 0.29) is 18.0 Å². The Hall–Kier alpha value is -1.20. The predicted molar refractivity (Wildman–Crippen MR) is 66.9 cm³/mol. The third-order valence-corrected chi connectivity index (χ3v) is 2.91. The molecule has 1 unspecified atom stereocenters. The van der Waals surface area contributed by atoms with Crippen LogP contribution in [0.2, 0.25) is 0 Å². The molecular formula is C12H15ClF2N2O. The zero-order chi connectivity index (χ0) is 12.3. The second kappa shape index (κ2) is 6.66. The van der Waals surface area contributed by atoms with Gasteiger partial charge in [-0.2, -0.15) is 0 Å². The number of carbonyl (C=O) groups excluding carboxylic acids is 1. The van der Waals surface area contributed by atoms with Crippen LogP contribution in [-0.2, 0) is 0 Å². The van der Waals surface area contributed by atoms with E-state index in [1.165, 1.54) is 12.1 Å². The fraction of sp³-hybridized carbons (Fsp3) is 0.417. The number of halogens is 3. The third-order valence-electron chi connectivity index (χ3n) is 2.91. The highest BCUT2D eigenvalue weighted by molar-refractivity contribution is 5.94. The highest BCUT2D eigenvalue weighted by Gasteiger charge is 2.18. The maximum Gasteiger partial charge on any atom is 0.254 e. The van der Waals surface area contributed by atoms with Crippen LogP contribution in [0.4, 0.5) is 8.78 Å². The molecule has 1 aromatic rings. The van der Waals surface area contributed by atoms with Crippen molar-refractivity contribution in [3.63, 3.8) is 0 Å². The number of rotatable bonds is 3. The number of carbonyl (C=O) groups is 1. The van der Waals surface area contributed by atoms with Crippen LogP contribution in [0.3, 0.4) is 0 Å². The second-order valence-electron chi connectivity index (χ2n) is 4.17. The van der Waals surface area contributed by atoms with E-state index < -0.39 is 17.5 Å². The van der Waals surface area contributed by atoms with E-state index in [0.29, 0.717) is 12.5 Å². The summed E-state index contributed by atoms with van der Waals surface area (Å²) in [5.74, 6) is -2.28. The summed E-state index contributed by atoms with van der Waals surface area (Å²) in [6, 6.07) is 3.60. The zero-order valence-corrected chi connectivity index (χ0v) is 10.5. The molecule has 1 aliphatic heterocycles. The Morgan fingerprint density at radius 1 is 1.44 bits per heavy atom. The first kappa shape index (κ1) is 14.9. The molecule has 1 aliphatic rings. The molecule has 1 aromatic carbocycles. The summed E-state index contributed by atoms with van der Waals surface area (Å²) in [4.78, 5) is 11.6. The first-order chi connectivity index (χ1) is 8.18. The first-order valence-electron chi connectivity index (χ1n) is 5.61. The van der Waals surface area contributed by atoms with Gasteiger partial charge in [-0.15, -0.1) is 12.4 Å². The fourth-order valence-electron chi connectivity index (χ4n) is 1.90. The molecule has 3 nitrogen and oxygen atoms in total. The van der Waals surface area contributed by atoms with Gasteiger partial charge in [0, 0.05) is 6.54 Å². The fourth-order valence-corrected chi connectivity index (χ4v) is 1.90. The molecule has 1 heterocycles. The van der Waals surface area contributed by atoms with Crippen molar-refractivity contribution in [3.8, 4) is 0 Å². The van der Waals surface area contributed by atoms with Gasteiger partial charge in [0.1, 0.15) is 0 Å². The Morgan fingerprint density at radius 2 is 2.22 bits per heavy atom. The van der Waals surface area contributed by atoms with Gasteiger partial charge in [0.05, 0.1) is 5.56 Å². The van der Waals surface area contributed by atoms with Gasteiger partial charge >= 0.3 is 0 Å². The van der Waals surface area contributed by atoms with Gasteiger partial charge in [-0.1, -0.05) is 6.07 Å². The molecule has 0 aliphatic carbocycles. The van der Waals surface area contributed by atoms with Crippen LogP contribution in [0, 0.1) is 17.6 Å². The molecule has 1 saturated heterocycles. The molecule has 0 bridgehead atoms. The summed E-state index contributed by atoms with van der Waals surface area (Å²) in [5, 5.41) is 5.79. The Kier molecular flexibility index (Phi) is 5.50. The van der Waals surface area contributed by atoms with Crippen molar-refractivity contribution >= 4 is 18.3 Å². The van der Waals surface area contributed by atoms with Gasteiger partial charge in [0.15, 0.2) is 11.6 Å². The largest absolute Gasteiger partial charge is 0.352 e. The average molecular weight is 277 g/mol. The van der Waals surface area contributed by atoms with Gasteiger partial charge in [-0.3, -0.25) is 4.79 Å². The molecule has 2 rings (SSSR count). The van der Waals surface area contributed by atoms with Gasteiger partial charge in [0.25, 0.3) is 5.91 Å². The van der Waals surface area contributed by atoms with Crippen molar-refractivity contribution in [2.75, 3.05) is 19.6 Å². The van der Waals surface area contributed by atoms with E-state index in [0.717, 1.165) is 25.6 Å².